The Hall–Kier alpha value is -1.50. The van der Waals surface area contributed by atoms with Gasteiger partial charge in [-0.2, -0.15) is 0 Å². The number of halogens is 2. The highest BCUT2D eigenvalue weighted by molar-refractivity contribution is 7.93. The summed E-state index contributed by atoms with van der Waals surface area (Å²) < 4.78 is 50.7. The molecule has 1 atom stereocenters. The molecule has 0 amide bonds. The first-order valence-corrected chi connectivity index (χ1v) is 7.70. The first-order valence-electron chi connectivity index (χ1n) is 6.05. The number of benzene rings is 1. The predicted octanol–water partition coefficient (Wildman–Crippen LogP) is 1.55. The monoisotopic (exact) mass is 302 g/mol. The number of sulfone groups is 1. The fourth-order valence-electron chi connectivity index (χ4n) is 2.17. The second-order valence-corrected chi connectivity index (χ2v) is 7.95. The molecule has 0 radical (unpaired) electrons. The summed E-state index contributed by atoms with van der Waals surface area (Å²) in [6.07, 6.45) is 0. The molecule has 0 fully saturated rings. The van der Waals surface area contributed by atoms with Crippen LogP contribution in [-0.2, 0) is 15.4 Å². The molecule has 20 heavy (non-hydrogen) atoms. The standard InChI is InChI=1S/C13H16F2N2O2S/c1-12(2)11(16)17-13(7-14,8-20(12,18)19)9-5-3-4-6-10(9)15/h3-6H,7-8H2,1-2H3,(H2,16,17)/t13-/m0/s1. The van der Waals surface area contributed by atoms with Gasteiger partial charge in [-0.1, -0.05) is 18.2 Å². The van der Waals surface area contributed by atoms with Gasteiger partial charge in [-0.3, -0.25) is 4.99 Å². The number of nitrogens with zero attached hydrogens (tertiary/aromatic N) is 1. The van der Waals surface area contributed by atoms with Crippen LogP contribution in [0.1, 0.15) is 19.4 Å². The lowest BCUT2D eigenvalue weighted by Gasteiger charge is -2.38. The van der Waals surface area contributed by atoms with Gasteiger partial charge in [-0.05, 0) is 19.9 Å². The predicted molar refractivity (Wildman–Crippen MR) is 73.5 cm³/mol. The normalized spacial score (nSPS) is 27.9. The highest BCUT2D eigenvalue weighted by atomic mass is 32.2. The topological polar surface area (TPSA) is 72.5 Å². The average molecular weight is 302 g/mol. The minimum absolute atomic E-state index is 0.0930. The van der Waals surface area contributed by atoms with E-state index < -0.39 is 38.4 Å². The van der Waals surface area contributed by atoms with Gasteiger partial charge < -0.3 is 5.73 Å². The van der Waals surface area contributed by atoms with E-state index in [9.17, 15) is 17.2 Å². The Morgan fingerprint density at radius 2 is 1.95 bits per heavy atom. The van der Waals surface area contributed by atoms with Gasteiger partial charge in [0, 0.05) is 5.56 Å². The minimum Gasteiger partial charge on any atom is -0.386 e. The summed E-state index contributed by atoms with van der Waals surface area (Å²) in [4.78, 5) is 4.01. The van der Waals surface area contributed by atoms with Crippen molar-refractivity contribution >= 4 is 15.7 Å². The largest absolute Gasteiger partial charge is 0.386 e. The number of rotatable bonds is 2. The third kappa shape index (κ3) is 2.00. The number of hydrogen-bond donors (Lipinski definition) is 1. The van der Waals surface area contributed by atoms with Crippen molar-refractivity contribution in [3.8, 4) is 0 Å². The van der Waals surface area contributed by atoms with E-state index in [2.05, 4.69) is 4.99 Å². The van der Waals surface area contributed by atoms with E-state index in [0.29, 0.717) is 0 Å². The zero-order valence-electron chi connectivity index (χ0n) is 11.2. The summed E-state index contributed by atoms with van der Waals surface area (Å²) in [6, 6.07) is 5.43. The molecule has 0 bridgehead atoms. The molecule has 1 aliphatic heterocycles. The number of alkyl halides is 1. The second kappa shape index (κ2) is 4.51. The molecule has 0 saturated heterocycles. The van der Waals surface area contributed by atoms with Gasteiger partial charge in [0.25, 0.3) is 0 Å². The molecule has 0 aromatic heterocycles. The Balaban J connectivity index is 2.72. The summed E-state index contributed by atoms with van der Waals surface area (Å²) >= 11 is 0. The van der Waals surface area contributed by atoms with Crippen LogP contribution in [0.15, 0.2) is 29.3 Å². The van der Waals surface area contributed by atoms with Gasteiger partial charge in [-0.15, -0.1) is 0 Å². The van der Waals surface area contributed by atoms with E-state index in [1.165, 1.54) is 32.0 Å². The van der Waals surface area contributed by atoms with Gasteiger partial charge in [0.2, 0.25) is 0 Å². The lowest BCUT2D eigenvalue weighted by atomic mass is 9.92. The molecule has 1 aromatic carbocycles. The van der Waals surface area contributed by atoms with E-state index in [4.69, 9.17) is 5.73 Å². The van der Waals surface area contributed by atoms with Crippen LogP contribution in [0.5, 0.6) is 0 Å². The van der Waals surface area contributed by atoms with Crippen molar-refractivity contribution in [1.82, 2.24) is 0 Å². The molecule has 0 unspecified atom stereocenters. The molecular formula is C13H16F2N2O2S. The molecule has 2 rings (SSSR count). The van der Waals surface area contributed by atoms with Crippen LogP contribution in [0.2, 0.25) is 0 Å². The zero-order chi connectivity index (χ0) is 15.2. The first-order chi connectivity index (χ1) is 9.16. The van der Waals surface area contributed by atoms with Gasteiger partial charge in [-0.25, -0.2) is 17.2 Å². The lowest BCUT2D eigenvalue weighted by molar-refractivity contribution is 0.324. The molecule has 0 aliphatic carbocycles. The van der Waals surface area contributed by atoms with Gasteiger partial charge in [0.05, 0.1) is 5.75 Å². The Bertz CT molecular complexity index is 671. The van der Waals surface area contributed by atoms with Gasteiger partial charge >= 0.3 is 0 Å². The van der Waals surface area contributed by atoms with Crippen molar-refractivity contribution in [2.45, 2.75) is 24.1 Å². The fraction of sp³-hybridized carbons (Fsp3) is 0.462. The summed E-state index contributed by atoms with van der Waals surface area (Å²) in [6.45, 7) is 1.68. The highest BCUT2D eigenvalue weighted by Crippen LogP contribution is 2.38. The van der Waals surface area contributed by atoms with Crippen LogP contribution in [0.25, 0.3) is 0 Å². The SMILES string of the molecule is CC1(C)C(N)=N[C@](CF)(c2ccccc2F)CS1(=O)=O. The number of hydrogen-bond acceptors (Lipinski definition) is 4. The van der Waals surface area contributed by atoms with Crippen molar-refractivity contribution in [2.75, 3.05) is 12.4 Å². The van der Waals surface area contributed by atoms with Crippen LogP contribution in [0.3, 0.4) is 0 Å². The number of amidine groups is 1. The second-order valence-electron chi connectivity index (χ2n) is 5.41. The van der Waals surface area contributed by atoms with Crippen molar-refractivity contribution in [3.05, 3.63) is 35.6 Å². The molecule has 4 nitrogen and oxygen atoms in total. The van der Waals surface area contributed by atoms with E-state index in [1.54, 1.807) is 0 Å². The Labute approximate surface area is 116 Å². The smallest absolute Gasteiger partial charge is 0.165 e. The molecular weight excluding hydrogens is 286 g/mol. The van der Waals surface area contributed by atoms with E-state index in [-0.39, 0.29) is 11.4 Å². The Kier molecular flexibility index (Phi) is 3.36. The molecule has 7 heteroatoms. The third-order valence-corrected chi connectivity index (χ3v) is 6.38. The van der Waals surface area contributed by atoms with Crippen LogP contribution in [0.4, 0.5) is 8.78 Å². The van der Waals surface area contributed by atoms with Crippen LogP contribution in [-0.4, -0.2) is 31.4 Å². The average Bonchev–Trinajstić information content (AvgIpc) is 2.36. The molecule has 1 heterocycles. The summed E-state index contributed by atoms with van der Waals surface area (Å²) in [5.41, 5.74) is 3.81. The highest BCUT2D eigenvalue weighted by Gasteiger charge is 2.51. The summed E-state index contributed by atoms with van der Waals surface area (Å²) in [5, 5.41) is 0. The van der Waals surface area contributed by atoms with E-state index >= 15 is 0 Å². The van der Waals surface area contributed by atoms with E-state index in [0.717, 1.165) is 6.07 Å². The quantitative estimate of drug-likeness (QED) is 0.901. The molecule has 2 N–H and O–H groups in total. The molecule has 110 valence electrons. The maximum absolute atomic E-state index is 13.9. The van der Waals surface area contributed by atoms with Gasteiger partial charge in [0.15, 0.2) is 9.84 Å². The van der Waals surface area contributed by atoms with Crippen molar-refractivity contribution < 1.29 is 17.2 Å². The summed E-state index contributed by atoms with van der Waals surface area (Å²) in [5.74, 6) is -1.51. The maximum Gasteiger partial charge on any atom is 0.165 e. The van der Waals surface area contributed by atoms with Gasteiger partial charge in [0.1, 0.15) is 28.6 Å². The first kappa shape index (κ1) is 14.9. The van der Waals surface area contributed by atoms with Crippen molar-refractivity contribution in [2.24, 2.45) is 10.7 Å². The fourth-order valence-corrected chi connectivity index (χ4v) is 3.82. The van der Waals surface area contributed by atoms with Crippen LogP contribution < -0.4 is 5.73 Å². The third-order valence-electron chi connectivity index (χ3n) is 3.75. The number of nitrogens with two attached hydrogens (primary N) is 1. The van der Waals surface area contributed by atoms with Crippen molar-refractivity contribution in [3.63, 3.8) is 0 Å². The maximum atomic E-state index is 13.9. The molecule has 0 spiro atoms. The lowest BCUT2D eigenvalue weighted by Crippen LogP contribution is -2.56. The Morgan fingerprint density at radius 1 is 1.35 bits per heavy atom. The number of aliphatic imine (C=N–C) groups is 1. The Morgan fingerprint density at radius 3 is 2.45 bits per heavy atom. The van der Waals surface area contributed by atoms with E-state index in [1.807, 2.05) is 0 Å². The molecule has 0 saturated carbocycles. The van der Waals surface area contributed by atoms with Crippen LogP contribution in [0, 0.1) is 5.82 Å². The van der Waals surface area contributed by atoms with Crippen molar-refractivity contribution in [1.29, 1.82) is 0 Å². The minimum atomic E-state index is -3.76. The summed E-state index contributed by atoms with van der Waals surface area (Å²) in [7, 11) is -3.76. The van der Waals surface area contributed by atoms with Crippen LogP contribution >= 0.6 is 0 Å². The zero-order valence-corrected chi connectivity index (χ0v) is 12.0. The molecule has 1 aliphatic rings. The molecule has 1 aromatic rings.